The Morgan fingerprint density at radius 2 is 2.29 bits per heavy atom. The van der Waals surface area contributed by atoms with Crippen LogP contribution < -0.4 is 0 Å². The van der Waals surface area contributed by atoms with Crippen LogP contribution in [0.25, 0.3) is 0 Å². The van der Waals surface area contributed by atoms with Gasteiger partial charge in [-0.05, 0) is 0 Å². The van der Waals surface area contributed by atoms with Crippen molar-refractivity contribution in [2.24, 2.45) is 5.16 Å². The molecule has 1 N–H and O–H groups in total. The molecule has 0 fully saturated rings. The van der Waals surface area contributed by atoms with E-state index in [1.165, 1.54) is 0 Å². The van der Waals surface area contributed by atoms with E-state index in [1.807, 2.05) is 0 Å². The molecule has 0 saturated carbocycles. The Kier molecular flexibility index (Phi) is 4.25. The first-order valence-corrected chi connectivity index (χ1v) is 2.65. The second-order valence-corrected chi connectivity index (χ2v) is 1.73. The van der Waals surface area contributed by atoms with Crippen LogP contribution >= 0.6 is 23.2 Å². The van der Waals surface area contributed by atoms with E-state index in [0.717, 1.165) is 0 Å². The van der Waals surface area contributed by atoms with Crippen LogP contribution in [0.4, 0.5) is 0 Å². The van der Waals surface area contributed by atoms with Gasteiger partial charge < -0.3 is 5.21 Å². The molecule has 0 radical (unpaired) electrons. The molecule has 0 spiro atoms. The standard InChI is InChI=1S/C3H5Cl2NO/c4-2-1-3(5)6-7/h7H,1-2H2/b6-3-. The highest BCUT2D eigenvalue weighted by Gasteiger charge is 1.88. The van der Waals surface area contributed by atoms with Crippen LogP contribution in [0.2, 0.25) is 0 Å². The van der Waals surface area contributed by atoms with E-state index in [1.54, 1.807) is 0 Å². The average molecular weight is 142 g/mol. The summed E-state index contributed by atoms with van der Waals surface area (Å²) >= 11 is 10.4. The lowest BCUT2D eigenvalue weighted by atomic mass is 10.5. The average Bonchev–Trinajstić information content (AvgIpc) is 1.68. The molecule has 0 heterocycles. The second-order valence-electron chi connectivity index (χ2n) is 0.915. The number of nitrogens with zero attached hydrogens (tertiary/aromatic N) is 1. The molecule has 0 aliphatic carbocycles. The van der Waals surface area contributed by atoms with Gasteiger partial charge in [0, 0.05) is 12.3 Å². The lowest BCUT2D eigenvalue weighted by Gasteiger charge is -1.83. The Morgan fingerprint density at radius 3 is 2.43 bits per heavy atom. The fourth-order valence-corrected chi connectivity index (χ4v) is 0.498. The summed E-state index contributed by atoms with van der Waals surface area (Å²) in [4.78, 5) is 0. The predicted octanol–water partition coefficient (Wildman–Crippen LogP) is 1.64. The molecule has 0 saturated heterocycles. The van der Waals surface area contributed by atoms with Gasteiger partial charge in [0.1, 0.15) is 5.17 Å². The van der Waals surface area contributed by atoms with Crippen molar-refractivity contribution in [3.05, 3.63) is 0 Å². The molecule has 0 atom stereocenters. The van der Waals surface area contributed by atoms with E-state index >= 15 is 0 Å². The SMILES string of the molecule is O/N=C(\Cl)CCCl. The Balaban J connectivity index is 3.17. The van der Waals surface area contributed by atoms with Crippen molar-refractivity contribution in [3.8, 4) is 0 Å². The maximum atomic E-state index is 7.86. The second kappa shape index (κ2) is 4.22. The molecule has 2 nitrogen and oxygen atoms in total. The first-order chi connectivity index (χ1) is 3.31. The van der Waals surface area contributed by atoms with Gasteiger partial charge in [-0.2, -0.15) is 0 Å². The van der Waals surface area contributed by atoms with Crippen molar-refractivity contribution in [1.82, 2.24) is 0 Å². The Morgan fingerprint density at radius 1 is 1.71 bits per heavy atom. The highest BCUT2D eigenvalue weighted by Crippen LogP contribution is 1.92. The molecule has 7 heavy (non-hydrogen) atoms. The minimum absolute atomic E-state index is 0.148. The Labute approximate surface area is 51.7 Å². The summed E-state index contributed by atoms with van der Waals surface area (Å²) in [5, 5.41) is 10.7. The molecular weight excluding hydrogens is 137 g/mol. The quantitative estimate of drug-likeness (QED) is 0.270. The zero-order valence-corrected chi connectivity index (χ0v) is 5.08. The molecule has 0 rings (SSSR count). The third-order valence-corrected chi connectivity index (χ3v) is 0.863. The van der Waals surface area contributed by atoms with E-state index in [-0.39, 0.29) is 5.17 Å². The molecule has 4 heteroatoms. The first-order valence-electron chi connectivity index (χ1n) is 1.73. The number of hydrogen-bond donors (Lipinski definition) is 1. The van der Waals surface area contributed by atoms with Gasteiger partial charge in [0.05, 0.1) is 0 Å². The number of rotatable bonds is 2. The van der Waals surface area contributed by atoms with Gasteiger partial charge in [0.15, 0.2) is 0 Å². The van der Waals surface area contributed by atoms with Gasteiger partial charge >= 0.3 is 0 Å². The summed E-state index contributed by atoms with van der Waals surface area (Å²) in [6, 6.07) is 0. The van der Waals surface area contributed by atoms with Crippen molar-refractivity contribution in [2.45, 2.75) is 6.42 Å². The van der Waals surface area contributed by atoms with Crippen LogP contribution in [-0.2, 0) is 0 Å². The van der Waals surface area contributed by atoms with E-state index in [9.17, 15) is 0 Å². The van der Waals surface area contributed by atoms with Gasteiger partial charge in [0.2, 0.25) is 0 Å². The third kappa shape index (κ3) is 3.89. The van der Waals surface area contributed by atoms with Crippen LogP contribution in [0, 0.1) is 0 Å². The molecule has 0 amide bonds. The topological polar surface area (TPSA) is 32.6 Å². The van der Waals surface area contributed by atoms with Gasteiger partial charge in [-0.1, -0.05) is 16.8 Å². The van der Waals surface area contributed by atoms with E-state index in [0.29, 0.717) is 12.3 Å². The number of hydrogen-bond acceptors (Lipinski definition) is 2. The van der Waals surface area contributed by atoms with Crippen molar-refractivity contribution in [3.63, 3.8) is 0 Å². The summed E-state index contributed by atoms with van der Waals surface area (Å²) in [6.45, 7) is 0. The number of oxime groups is 1. The van der Waals surface area contributed by atoms with Crippen molar-refractivity contribution in [2.75, 3.05) is 5.88 Å². The maximum Gasteiger partial charge on any atom is 0.146 e. The molecule has 0 bridgehead atoms. The van der Waals surface area contributed by atoms with Crippen LogP contribution in [-0.4, -0.2) is 16.3 Å². The van der Waals surface area contributed by atoms with Crippen molar-refractivity contribution in [1.29, 1.82) is 0 Å². The Hall–Kier alpha value is 0.0500. The normalized spacial score (nSPS) is 12.0. The van der Waals surface area contributed by atoms with Gasteiger partial charge in [0.25, 0.3) is 0 Å². The van der Waals surface area contributed by atoms with E-state index < -0.39 is 0 Å². The van der Waals surface area contributed by atoms with E-state index in [2.05, 4.69) is 5.16 Å². The van der Waals surface area contributed by atoms with E-state index in [4.69, 9.17) is 28.4 Å². The minimum atomic E-state index is 0.148. The number of halogens is 2. The monoisotopic (exact) mass is 141 g/mol. The molecule has 0 unspecified atom stereocenters. The predicted molar refractivity (Wildman–Crippen MR) is 30.4 cm³/mol. The molecule has 0 aromatic rings. The lowest BCUT2D eigenvalue weighted by molar-refractivity contribution is 0.319. The Bertz CT molecular complexity index is 73.3. The smallest absolute Gasteiger partial charge is 0.146 e. The molecule has 0 aliphatic rings. The van der Waals surface area contributed by atoms with Crippen LogP contribution in [0.3, 0.4) is 0 Å². The van der Waals surface area contributed by atoms with Crippen molar-refractivity contribution < 1.29 is 5.21 Å². The first kappa shape index (κ1) is 7.05. The fraction of sp³-hybridized carbons (Fsp3) is 0.667. The van der Waals surface area contributed by atoms with Crippen LogP contribution in [0.15, 0.2) is 5.16 Å². The molecule has 0 aliphatic heterocycles. The molecule has 42 valence electrons. The molecular formula is C3H5Cl2NO. The third-order valence-electron chi connectivity index (χ3n) is 0.409. The largest absolute Gasteiger partial charge is 0.410 e. The fourth-order valence-electron chi connectivity index (χ4n) is 0.128. The highest BCUT2D eigenvalue weighted by atomic mass is 35.5. The zero-order valence-electron chi connectivity index (χ0n) is 3.56. The minimum Gasteiger partial charge on any atom is -0.410 e. The van der Waals surface area contributed by atoms with Crippen LogP contribution in [0.5, 0.6) is 0 Å². The maximum absolute atomic E-state index is 7.86. The van der Waals surface area contributed by atoms with Crippen LogP contribution in [0.1, 0.15) is 6.42 Å². The lowest BCUT2D eigenvalue weighted by Crippen LogP contribution is -1.86. The summed E-state index contributed by atoms with van der Waals surface area (Å²) in [6.07, 6.45) is 0.430. The highest BCUT2D eigenvalue weighted by molar-refractivity contribution is 6.65. The van der Waals surface area contributed by atoms with Gasteiger partial charge in [-0.25, -0.2) is 0 Å². The summed E-state index contributed by atoms with van der Waals surface area (Å²) in [5.41, 5.74) is 0. The summed E-state index contributed by atoms with van der Waals surface area (Å²) in [5.74, 6) is 0.392. The number of alkyl halides is 1. The summed E-state index contributed by atoms with van der Waals surface area (Å²) < 4.78 is 0. The molecule has 0 aromatic heterocycles. The van der Waals surface area contributed by atoms with Gasteiger partial charge in [-0.15, -0.1) is 11.6 Å². The summed E-state index contributed by atoms with van der Waals surface area (Å²) in [7, 11) is 0. The molecule has 0 aromatic carbocycles. The van der Waals surface area contributed by atoms with Gasteiger partial charge in [-0.3, -0.25) is 0 Å². The van der Waals surface area contributed by atoms with Crippen molar-refractivity contribution >= 4 is 28.4 Å². The zero-order chi connectivity index (χ0) is 5.70.